The second kappa shape index (κ2) is 7.67. The van der Waals surface area contributed by atoms with E-state index in [1.165, 1.54) is 0 Å². The number of nitrogens with one attached hydrogen (secondary N) is 1. The molecule has 19 heavy (non-hydrogen) atoms. The molecule has 1 atom stereocenters. The SMILES string of the molecule is CCC[C@@H](C)NC(=O)Cc1cc(OC)ccc1OC. The Morgan fingerprint density at radius 1 is 1.32 bits per heavy atom. The molecule has 0 aliphatic carbocycles. The average Bonchev–Trinajstić information content (AvgIpc) is 2.38. The maximum Gasteiger partial charge on any atom is 0.224 e. The normalized spacial score (nSPS) is 11.8. The van der Waals surface area contributed by atoms with Crippen molar-refractivity contribution < 1.29 is 14.3 Å². The zero-order valence-electron chi connectivity index (χ0n) is 12.2. The van der Waals surface area contributed by atoms with E-state index in [-0.39, 0.29) is 11.9 Å². The van der Waals surface area contributed by atoms with Crippen LogP contribution >= 0.6 is 0 Å². The molecular formula is C15H23NO3. The standard InChI is InChI=1S/C15H23NO3/c1-5-6-11(2)16-15(17)10-12-9-13(18-3)7-8-14(12)19-4/h7-9,11H,5-6,10H2,1-4H3,(H,16,17)/t11-/m1/s1. The molecular weight excluding hydrogens is 242 g/mol. The molecule has 0 aliphatic heterocycles. The van der Waals surface area contributed by atoms with E-state index in [0.717, 1.165) is 24.2 Å². The van der Waals surface area contributed by atoms with Gasteiger partial charge in [0.1, 0.15) is 11.5 Å². The van der Waals surface area contributed by atoms with E-state index in [1.54, 1.807) is 14.2 Å². The first-order chi connectivity index (χ1) is 9.10. The minimum atomic E-state index is 0.00695. The zero-order chi connectivity index (χ0) is 14.3. The lowest BCUT2D eigenvalue weighted by Gasteiger charge is -2.14. The van der Waals surface area contributed by atoms with Crippen molar-refractivity contribution in [2.45, 2.75) is 39.2 Å². The number of hydrogen-bond donors (Lipinski definition) is 1. The summed E-state index contributed by atoms with van der Waals surface area (Å²) in [6.45, 7) is 4.12. The minimum absolute atomic E-state index is 0.00695. The third-order valence-electron chi connectivity index (χ3n) is 2.97. The van der Waals surface area contributed by atoms with E-state index in [1.807, 2.05) is 25.1 Å². The van der Waals surface area contributed by atoms with Crippen molar-refractivity contribution in [3.8, 4) is 11.5 Å². The van der Waals surface area contributed by atoms with E-state index in [9.17, 15) is 4.79 Å². The summed E-state index contributed by atoms with van der Waals surface area (Å²) in [7, 11) is 3.21. The lowest BCUT2D eigenvalue weighted by molar-refractivity contribution is -0.121. The molecule has 4 heteroatoms. The Balaban J connectivity index is 2.71. The topological polar surface area (TPSA) is 47.6 Å². The fourth-order valence-corrected chi connectivity index (χ4v) is 2.02. The van der Waals surface area contributed by atoms with Gasteiger partial charge in [-0.25, -0.2) is 0 Å². The van der Waals surface area contributed by atoms with Gasteiger partial charge >= 0.3 is 0 Å². The molecule has 0 fully saturated rings. The van der Waals surface area contributed by atoms with Gasteiger partial charge in [0.05, 0.1) is 20.6 Å². The molecule has 1 rings (SSSR count). The van der Waals surface area contributed by atoms with Crippen molar-refractivity contribution >= 4 is 5.91 Å². The summed E-state index contributed by atoms with van der Waals surface area (Å²) in [6.07, 6.45) is 2.35. The van der Waals surface area contributed by atoms with Gasteiger partial charge in [-0.3, -0.25) is 4.79 Å². The Bertz CT molecular complexity index is 418. The summed E-state index contributed by atoms with van der Waals surface area (Å²) in [5, 5.41) is 2.98. The maximum absolute atomic E-state index is 12.0. The lowest BCUT2D eigenvalue weighted by atomic mass is 10.1. The van der Waals surface area contributed by atoms with Gasteiger partial charge < -0.3 is 14.8 Å². The summed E-state index contributed by atoms with van der Waals surface area (Å²) >= 11 is 0. The van der Waals surface area contributed by atoms with Gasteiger partial charge in [-0.1, -0.05) is 13.3 Å². The van der Waals surface area contributed by atoms with Crippen LogP contribution in [-0.2, 0) is 11.2 Å². The Kier molecular flexibility index (Phi) is 6.19. The summed E-state index contributed by atoms with van der Waals surface area (Å²) in [5.74, 6) is 1.44. The Morgan fingerprint density at radius 2 is 2.05 bits per heavy atom. The van der Waals surface area contributed by atoms with E-state index >= 15 is 0 Å². The quantitative estimate of drug-likeness (QED) is 0.824. The van der Waals surface area contributed by atoms with Crippen LogP contribution in [0.15, 0.2) is 18.2 Å². The molecule has 0 radical (unpaired) electrons. The fraction of sp³-hybridized carbons (Fsp3) is 0.533. The molecule has 0 aromatic heterocycles. The van der Waals surface area contributed by atoms with Gasteiger partial charge in [0.25, 0.3) is 0 Å². The number of carbonyl (C=O) groups excluding carboxylic acids is 1. The fourth-order valence-electron chi connectivity index (χ4n) is 2.02. The summed E-state index contributed by atoms with van der Waals surface area (Å²) < 4.78 is 10.4. The summed E-state index contributed by atoms with van der Waals surface area (Å²) in [6, 6.07) is 5.67. The van der Waals surface area contributed by atoms with Crippen molar-refractivity contribution in [1.82, 2.24) is 5.32 Å². The van der Waals surface area contributed by atoms with Crippen molar-refractivity contribution in [1.29, 1.82) is 0 Å². The molecule has 0 saturated carbocycles. The van der Waals surface area contributed by atoms with Crippen molar-refractivity contribution in [2.75, 3.05) is 14.2 Å². The van der Waals surface area contributed by atoms with Gasteiger partial charge in [-0.05, 0) is 31.5 Å². The number of rotatable bonds is 7. The van der Waals surface area contributed by atoms with Gasteiger partial charge in [-0.15, -0.1) is 0 Å². The minimum Gasteiger partial charge on any atom is -0.497 e. The molecule has 1 aromatic rings. The van der Waals surface area contributed by atoms with Gasteiger partial charge in [0.2, 0.25) is 5.91 Å². The van der Waals surface area contributed by atoms with Gasteiger partial charge in [-0.2, -0.15) is 0 Å². The monoisotopic (exact) mass is 265 g/mol. The number of ether oxygens (including phenoxy) is 2. The smallest absolute Gasteiger partial charge is 0.224 e. The molecule has 0 heterocycles. The first-order valence-electron chi connectivity index (χ1n) is 6.61. The second-order valence-electron chi connectivity index (χ2n) is 4.61. The Morgan fingerprint density at radius 3 is 2.63 bits per heavy atom. The number of carbonyl (C=O) groups is 1. The van der Waals surface area contributed by atoms with Crippen molar-refractivity contribution in [3.63, 3.8) is 0 Å². The predicted molar refractivity (Wildman–Crippen MR) is 75.8 cm³/mol. The number of hydrogen-bond acceptors (Lipinski definition) is 3. The molecule has 0 spiro atoms. The van der Waals surface area contributed by atoms with Crippen LogP contribution in [-0.4, -0.2) is 26.2 Å². The molecule has 1 aromatic carbocycles. The predicted octanol–water partition coefficient (Wildman–Crippen LogP) is 2.55. The highest BCUT2D eigenvalue weighted by molar-refractivity contribution is 5.79. The van der Waals surface area contributed by atoms with Crippen LogP contribution in [0.25, 0.3) is 0 Å². The maximum atomic E-state index is 12.0. The van der Waals surface area contributed by atoms with Crippen LogP contribution in [0.1, 0.15) is 32.3 Å². The molecule has 0 saturated heterocycles. The van der Waals surface area contributed by atoms with E-state index in [2.05, 4.69) is 12.2 Å². The van der Waals surface area contributed by atoms with Crippen LogP contribution in [0.3, 0.4) is 0 Å². The highest BCUT2D eigenvalue weighted by Gasteiger charge is 2.12. The number of methoxy groups -OCH3 is 2. The molecule has 106 valence electrons. The molecule has 0 aliphatic rings. The van der Waals surface area contributed by atoms with E-state index in [0.29, 0.717) is 12.2 Å². The van der Waals surface area contributed by atoms with Gasteiger partial charge in [0.15, 0.2) is 0 Å². The zero-order valence-corrected chi connectivity index (χ0v) is 12.2. The summed E-state index contributed by atoms with van der Waals surface area (Å²) in [5.41, 5.74) is 0.836. The van der Waals surface area contributed by atoms with Crippen LogP contribution in [0.2, 0.25) is 0 Å². The third-order valence-corrected chi connectivity index (χ3v) is 2.97. The molecule has 4 nitrogen and oxygen atoms in total. The van der Waals surface area contributed by atoms with Crippen LogP contribution < -0.4 is 14.8 Å². The molecule has 0 bridgehead atoms. The first-order valence-corrected chi connectivity index (χ1v) is 6.61. The average molecular weight is 265 g/mol. The molecule has 0 unspecified atom stereocenters. The Labute approximate surface area is 115 Å². The summed E-state index contributed by atoms with van der Waals surface area (Å²) in [4.78, 5) is 12.0. The van der Waals surface area contributed by atoms with Crippen molar-refractivity contribution in [3.05, 3.63) is 23.8 Å². The second-order valence-corrected chi connectivity index (χ2v) is 4.61. The van der Waals surface area contributed by atoms with Crippen LogP contribution in [0.4, 0.5) is 0 Å². The highest BCUT2D eigenvalue weighted by Crippen LogP contribution is 2.24. The molecule has 1 N–H and O–H groups in total. The van der Waals surface area contributed by atoms with Crippen molar-refractivity contribution in [2.24, 2.45) is 0 Å². The number of benzene rings is 1. The highest BCUT2D eigenvalue weighted by atomic mass is 16.5. The van der Waals surface area contributed by atoms with E-state index in [4.69, 9.17) is 9.47 Å². The molecule has 1 amide bonds. The van der Waals surface area contributed by atoms with Crippen LogP contribution in [0, 0.1) is 0 Å². The number of amides is 1. The lowest BCUT2D eigenvalue weighted by Crippen LogP contribution is -2.33. The Hall–Kier alpha value is -1.71. The van der Waals surface area contributed by atoms with Crippen LogP contribution in [0.5, 0.6) is 11.5 Å². The first kappa shape index (κ1) is 15.3. The largest absolute Gasteiger partial charge is 0.497 e. The van der Waals surface area contributed by atoms with E-state index < -0.39 is 0 Å². The van der Waals surface area contributed by atoms with Gasteiger partial charge in [0, 0.05) is 11.6 Å². The third kappa shape index (κ3) is 4.81.